The third-order valence-corrected chi connectivity index (χ3v) is 2.18. The first-order valence-electron chi connectivity index (χ1n) is 5.36. The molecule has 1 aromatic heterocycles. The number of unbranched alkanes of at least 4 members (excludes halogenated alkanes) is 3. The SMILES string of the molecule is O=C(O)CCCCCCc1nnc(CO)o1. The normalized spacial score (nSPS) is 10.6. The number of aliphatic carboxylic acids is 1. The topological polar surface area (TPSA) is 96.5 Å². The lowest BCUT2D eigenvalue weighted by Crippen LogP contribution is -1.94. The second-order valence-electron chi connectivity index (χ2n) is 3.56. The molecule has 0 fully saturated rings. The molecule has 0 amide bonds. The highest BCUT2D eigenvalue weighted by Crippen LogP contribution is 2.08. The van der Waals surface area contributed by atoms with Gasteiger partial charge in [-0.15, -0.1) is 10.2 Å². The van der Waals surface area contributed by atoms with Gasteiger partial charge in [0, 0.05) is 12.8 Å². The summed E-state index contributed by atoms with van der Waals surface area (Å²) in [5.41, 5.74) is 0. The maximum absolute atomic E-state index is 10.2. The van der Waals surface area contributed by atoms with Gasteiger partial charge in [0.2, 0.25) is 11.8 Å². The van der Waals surface area contributed by atoms with Crippen molar-refractivity contribution >= 4 is 5.97 Å². The first-order chi connectivity index (χ1) is 7.72. The number of carboxylic acids is 1. The van der Waals surface area contributed by atoms with E-state index in [1.165, 1.54) is 0 Å². The fourth-order valence-electron chi connectivity index (χ4n) is 1.36. The fourth-order valence-corrected chi connectivity index (χ4v) is 1.36. The Morgan fingerprint density at radius 1 is 1.12 bits per heavy atom. The highest BCUT2D eigenvalue weighted by molar-refractivity contribution is 5.66. The van der Waals surface area contributed by atoms with E-state index >= 15 is 0 Å². The minimum absolute atomic E-state index is 0.231. The van der Waals surface area contributed by atoms with Gasteiger partial charge in [0.15, 0.2) is 0 Å². The molecular formula is C10H16N2O4. The molecule has 6 nitrogen and oxygen atoms in total. The van der Waals surface area contributed by atoms with Crippen molar-refractivity contribution in [2.45, 2.75) is 45.1 Å². The van der Waals surface area contributed by atoms with Crippen molar-refractivity contribution in [3.05, 3.63) is 11.8 Å². The van der Waals surface area contributed by atoms with E-state index in [9.17, 15) is 4.79 Å². The molecule has 1 aromatic rings. The summed E-state index contributed by atoms with van der Waals surface area (Å²) in [7, 11) is 0. The molecule has 0 aliphatic heterocycles. The largest absolute Gasteiger partial charge is 0.481 e. The Bertz CT molecular complexity index is 324. The molecule has 0 radical (unpaired) electrons. The van der Waals surface area contributed by atoms with Crippen molar-refractivity contribution in [1.29, 1.82) is 0 Å². The van der Waals surface area contributed by atoms with Gasteiger partial charge in [0.25, 0.3) is 0 Å². The van der Waals surface area contributed by atoms with Crippen LogP contribution in [0.2, 0.25) is 0 Å². The van der Waals surface area contributed by atoms with E-state index in [0.29, 0.717) is 18.7 Å². The minimum atomic E-state index is -0.746. The van der Waals surface area contributed by atoms with Crippen molar-refractivity contribution in [2.24, 2.45) is 0 Å². The molecule has 1 heterocycles. The summed E-state index contributed by atoms with van der Waals surface area (Å²) in [5.74, 6) is 0.0210. The zero-order valence-corrected chi connectivity index (χ0v) is 9.06. The van der Waals surface area contributed by atoms with E-state index in [4.69, 9.17) is 14.6 Å². The molecule has 0 spiro atoms. The predicted octanol–water partition coefficient (Wildman–Crippen LogP) is 1.14. The van der Waals surface area contributed by atoms with Gasteiger partial charge >= 0.3 is 5.97 Å². The van der Waals surface area contributed by atoms with Crippen LogP contribution in [0.5, 0.6) is 0 Å². The smallest absolute Gasteiger partial charge is 0.303 e. The van der Waals surface area contributed by atoms with Crippen LogP contribution in [-0.4, -0.2) is 26.4 Å². The number of aryl methyl sites for hydroxylation is 1. The number of aliphatic hydroxyl groups excluding tert-OH is 1. The molecule has 0 saturated carbocycles. The number of hydrogen-bond acceptors (Lipinski definition) is 5. The van der Waals surface area contributed by atoms with Crippen molar-refractivity contribution in [1.82, 2.24) is 10.2 Å². The molecule has 6 heteroatoms. The second-order valence-corrected chi connectivity index (χ2v) is 3.56. The molecule has 16 heavy (non-hydrogen) atoms. The van der Waals surface area contributed by atoms with E-state index in [2.05, 4.69) is 10.2 Å². The summed E-state index contributed by atoms with van der Waals surface area (Å²) in [6.07, 6.45) is 4.36. The highest BCUT2D eigenvalue weighted by atomic mass is 16.4. The number of carbonyl (C=O) groups is 1. The number of nitrogens with zero attached hydrogens (tertiary/aromatic N) is 2. The van der Waals surface area contributed by atoms with Crippen molar-refractivity contribution < 1.29 is 19.4 Å². The monoisotopic (exact) mass is 228 g/mol. The third-order valence-electron chi connectivity index (χ3n) is 2.18. The summed E-state index contributed by atoms with van der Waals surface area (Å²) in [5, 5.41) is 24.5. The summed E-state index contributed by atoms with van der Waals surface area (Å²) in [6.45, 7) is -0.231. The van der Waals surface area contributed by atoms with Gasteiger partial charge in [0.1, 0.15) is 6.61 Å². The van der Waals surface area contributed by atoms with Gasteiger partial charge in [0.05, 0.1) is 0 Å². The van der Waals surface area contributed by atoms with Crippen molar-refractivity contribution in [2.75, 3.05) is 0 Å². The molecular weight excluding hydrogens is 212 g/mol. The van der Waals surface area contributed by atoms with Crippen LogP contribution in [-0.2, 0) is 17.8 Å². The molecule has 0 saturated heterocycles. The van der Waals surface area contributed by atoms with E-state index in [-0.39, 0.29) is 18.9 Å². The summed E-state index contributed by atoms with van der Waals surface area (Å²) < 4.78 is 5.11. The predicted molar refractivity (Wildman–Crippen MR) is 54.6 cm³/mol. The van der Waals surface area contributed by atoms with Gasteiger partial charge in [-0.3, -0.25) is 4.79 Å². The van der Waals surface area contributed by atoms with Gasteiger partial charge in [-0.25, -0.2) is 0 Å². The first kappa shape index (κ1) is 12.6. The van der Waals surface area contributed by atoms with E-state index < -0.39 is 5.97 Å². The van der Waals surface area contributed by atoms with Crippen LogP contribution in [0.1, 0.15) is 43.9 Å². The minimum Gasteiger partial charge on any atom is -0.481 e. The van der Waals surface area contributed by atoms with Crippen LogP contribution >= 0.6 is 0 Å². The maximum atomic E-state index is 10.2. The van der Waals surface area contributed by atoms with E-state index in [0.717, 1.165) is 19.3 Å². The Labute approximate surface area is 93.3 Å². The molecule has 0 bridgehead atoms. The Kier molecular flexibility index (Phi) is 5.49. The van der Waals surface area contributed by atoms with Crippen LogP contribution in [0.15, 0.2) is 4.42 Å². The summed E-state index contributed by atoms with van der Waals surface area (Å²) in [6, 6.07) is 0. The third kappa shape index (κ3) is 4.88. The van der Waals surface area contributed by atoms with Crippen LogP contribution in [0, 0.1) is 0 Å². The lowest BCUT2D eigenvalue weighted by molar-refractivity contribution is -0.137. The average Bonchev–Trinajstić information content (AvgIpc) is 2.70. The van der Waals surface area contributed by atoms with Gasteiger partial charge in [-0.1, -0.05) is 12.8 Å². The fraction of sp³-hybridized carbons (Fsp3) is 0.700. The number of carboxylic acid groups (broad SMARTS) is 1. The van der Waals surface area contributed by atoms with Gasteiger partial charge < -0.3 is 14.6 Å². The molecule has 0 aromatic carbocycles. The quantitative estimate of drug-likeness (QED) is 0.647. The zero-order valence-electron chi connectivity index (χ0n) is 9.06. The second kappa shape index (κ2) is 6.95. The lowest BCUT2D eigenvalue weighted by atomic mass is 10.1. The van der Waals surface area contributed by atoms with Crippen LogP contribution in [0.4, 0.5) is 0 Å². The summed E-state index contributed by atoms with van der Waals surface area (Å²) in [4.78, 5) is 10.2. The maximum Gasteiger partial charge on any atom is 0.303 e. The molecule has 0 aliphatic rings. The number of aromatic nitrogens is 2. The Morgan fingerprint density at radius 2 is 1.81 bits per heavy atom. The Hall–Kier alpha value is -1.43. The van der Waals surface area contributed by atoms with Gasteiger partial charge in [-0.2, -0.15) is 0 Å². The van der Waals surface area contributed by atoms with Crippen LogP contribution in [0.25, 0.3) is 0 Å². The number of rotatable bonds is 8. The van der Waals surface area contributed by atoms with Crippen LogP contribution in [0.3, 0.4) is 0 Å². The number of aliphatic hydroxyl groups is 1. The molecule has 90 valence electrons. The lowest BCUT2D eigenvalue weighted by Gasteiger charge is -1.97. The van der Waals surface area contributed by atoms with Gasteiger partial charge in [-0.05, 0) is 12.8 Å². The summed E-state index contributed by atoms with van der Waals surface area (Å²) >= 11 is 0. The molecule has 2 N–H and O–H groups in total. The first-order valence-corrected chi connectivity index (χ1v) is 5.36. The molecule has 0 atom stereocenters. The molecule has 1 rings (SSSR count). The Morgan fingerprint density at radius 3 is 2.44 bits per heavy atom. The zero-order chi connectivity index (χ0) is 11.8. The Balaban J connectivity index is 2.04. The molecule has 0 aliphatic carbocycles. The number of hydrogen-bond donors (Lipinski definition) is 2. The van der Waals surface area contributed by atoms with Crippen molar-refractivity contribution in [3.63, 3.8) is 0 Å². The average molecular weight is 228 g/mol. The van der Waals surface area contributed by atoms with Crippen LogP contribution < -0.4 is 0 Å². The van der Waals surface area contributed by atoms with E-state index in [1.54, 1.807) is 0 Å². The molecule has 0 unspecified atom stereocenters. The standard InChI is InChI=1S/C10H16N2O4/c13-7-9-12-11-8(16-9)5-3-1-2-4-6-10(14)15/h13H,1-7H2,(H,14,15). The van der Waals surface area contributed by atoms with Crippen molar-refractivity contribution in [3.8, 4) is 0 Å². The van der Waals surface area contributed by atoms with E-state index in [1.807, 2.05) is 0 Å². The highest BCUT2D eigenvalue weighted by Gasteiger charge is 2.04.